The van der Waals surface area contributed by atoms with Crippen molar-refractivity contribution in [2.24, 2.45) is 0 Å². The fraction of sp³-hybridized carbons (Fsp3) is 0.467. The third kappa shape index (κ3) is 4.34. The predicted molar refractivity (Wildman–Crippen MR) is 95.3 cm³/mol. The highest BCUT2D eigenvalue weighted by Crippen LogP contribution is 2.25. The number of carbonyl (C=O) groups is 1. The van der Waals surface area contributed by atoms with Crippen molar-refractivity contribution in [2.75, 3.05) is 18.4 Å². The second-order valence-corrected chi connectivity index (χ2v) is 7.50. The molecule has 1 unspecified atom stereocenters. The maximum absolute atomic E-state index is 12.3. The number of likely N-dealkylation sites (tertiary alicyclic amines) is 1. The first-order valence-electron chi connectivity index (χ1n) is 7.00. The first-order valence-corrected chi connectivity index (χ1v) is 8.67. The molecule has 1 amide bonds. The topological polar surface area (TPSA) is 32.3 Å². The van der Waals surface area contributed by atoms with Gasteiger partial charge in [0.2, 0.25) is 5.91 Å². The molecule has 3 nitrogen and oxygen atoms in total. The second-order valence-electron chi connectivity index (χ2n) is 5.12. The average molecular weight is 343 g/mol. The molecule has 1 aromatic rings. The molecule has 0 aliphatic carbocycles. The first-order chi connectivity index (χ1) is 9.99. The van der Waals surface area contributed by atoms with E-state index in [1.54, 1.807) is 0 Å². The van der Waals surface area contributed by atoms with Crippen molar-refractivity contribution >= 4 is 51.5 Å². The van der Waals surface area contributed by atoms with Gasteiger partial charge >= 0.3 is 0 Å². The lowest BCUT2D eigenvalue weighted by atomic mass is 10.2. The number of halogens is 1. The zero-order chi connectivity index (χ0) is 15.4. The van der Waals surface area contributed by atoms with Crippen molar-refractivity contribution in [3.8, 4) is 0 Å². The Hall–Kier alpha value is -0.780. The van der Waals surface area contributed by atoms with Crippen LogP contribution < -0.4 is 5.32 Å². The molecule has 1 N–H and O–H groups in total. The molecule has 0 spiro atoms. The van der Waals surface area contributed by atoms with E-state index < -0.39 is 0 Å². The number of thioether (sulfide) groups is 1. The summed E-state index contributed by atoms with van der Waals surface area (Å²) < 4.78 is 0.818. The predicted octanol–water partition coefficient (Wildman–Crippen LogP) is 4.09. The molecule has 1 fully saturated rings. The minimum Gasteiger partial charge on any atom is -0.358 e. The number of amides is 1. The van der Waals surface area contributed by atoms with E-state index in [1.807, 2.05) is 32.0 Å². The summed E-state index contributed by atoms with van der Waals surface area (Å²) in [6.45, 7) is 5.79. The minimum atomic E-state index is -0.225. The van der Waals surface area contributed by atoms with Crippen LogP contribution in [0.15, 0.2) is 18.2 Å². The Morgan fingerprint density at radius 2 is 2.10 bits per heavy atom. The highest BCUT2D eigenvalue weighted by molar-refractivity contribution is 8.23. The van der Waals surface area contributed by atoms with Gasteiger partial charge in [-0.3, -0.25) is 4.79 Å². The summed E-state index contributed by atoms with van der Waals surface area (Å²) in [5.41, 5.74) is 1.64. The van der Waals surface area contributed by atoms with E-state index in [9.17, 15) is 4.79 Å². The maximum Gasteiger partial charge on any atom is 0.237 e. The number of nitrogens with one attached hydrogen (secondary N) is 1. The maximum atomic E-state index is 12.3. The normalized spacial score (nSPS) is 15.9. The molecule has 114 valence electrons. The molecule has 1 saturated heterocycles. The van der Waals surface area contributed by atoms with E-state index in [0.29, 0.717) is 5.02 Å². The van der Waals surface area contributed by atoms with Crippen LogP contribution in [0.1, 0.15) is 25.3 Å². The fourth-order valence-electron chi connectivity index (χ4n) is 2.16. The van der Waals surface area contributed by atoms with Gasteiger partial charge in [0.25, 0.3) is 0 Å². The lowest BCUT2D eigenvalue weighted by Crippen LogP contribution is -2.29. The quantitative estimate of drug-likeness (QED) is 0.838. The number of anilines is 1. The molecule has 0 radical (unpaired) electrons. The number of hydrogen-bond acceptors (Lipinski definition) is 3. The lowest BCUT2D eigenvalue weighted by molar-refractivity contribution is -0.115. The highest BCUT2D eigenvalue weighted by atomic mass is 35.5. The second kappa shape index (κ2) is 7.47. The Morgan fingerprint density at radius 1 is 1.43 bits per heavy atom. The lowest BCUT2D eigenvalue weighted by Gasteiger charge is -2.20. The Balaban J connectivity index is 1.93. The largest absolute Gasteiger partial charge is 0.358 e. The fourth-order valence-corrected chi connectivity index (χ4v) is 3.75. The van der Waals surface area contributed by atoms with E-state index in [4.69, 9.17) is 23.8 Å². The van der Waals surface area contributed by atoms with Crippen LogP contribution >= 0.6 is 35.6 Å². The van der Waals surface area contributed by atoms with Crippen LogP contribution in [-0.4, -0.2) is 33.5 Å². The van der Waals surface area contributed by atoms with Crippen molar-refractivity contribution in [1.29, 1.82) is 0 Å². The summed E-state index contributed by atoms with van der Waals surface area (Å²) in [5, 5.41) is 3.35. The van der Waals surface area contributed by atoms with Crippen LogP contribution in [0, 0.1) is 6.92 Å². The van der Waals surface area contributed by atoms with Gasteiger partial charge in [0.15, 0.2) is 0 Å². The van der Waals surface area contributed by atoms with Crippen molar-refractivity contribution in [2.45, 2.75) is 31.9 Å². The molecule has 1 atom stereocenters. The molecule has 6 heteroatoms. The number of hydrogen-bond donors (Lipinski definition) is 1. The number of thiocarbonyl (C=S) groups is 1. The van der Waals surface area contributed by atoms with E-state index in [-0.39, 0.29) is 11.2 Å². The van der Waals surface area contributed by atoms with Crippen molar-refractivity contribution in [3.05, 3.63) is 28.8 Å². The molecule has 1 aliphatic heterocycles. The Kier molecular flexibility index (Phi) is 5.90. The molecule has 21 heavy (non-hydrogen) atoms. The van der Waals surface area contributed by atoms with Gasteiger partial charge in [0.1, 0.15) is 4.32 Å². The van der Waals surface area contributed by atoms with E-state index in [1.165, 1.54) is 24.6 Å². The average Bonchev–Trinajstić information content (AvgIpc) is 2.98. The van der Waals surface area contributed by atoms with E-state index in [2.05, 4.69) is 10.2 Å². The number of carbonyl (C=O) groups excluding carboxylic acids is 1. The van der Waals surface area contributed by atoms with Gasteiger partial charge in [-0.2, -0.15) is 0 Å². The summed E-state index contributed by atoms with van der Waals surface area (Å²) in [6, 6.07) is 5.50. The third-order valence-corrected chi connectivity index (χ3v) is 5.52. The summed E-state index contributed by atoms with van der Waals surface area (Å²) in [7, 11) is 0. The zero-order valence-corrected chi connectivity index (χ0v) is 14.6. The molecule has 2 rings (SSSR count). The summed E-state index contributed by atoms with van der Waals surface area (Å²) in [4.78, 5) is 14.4. The zero-order valence-electron chi connectivity index (χ0n) is 12.2. The number of rotatable bonds is 3. The van der Waals surface area contributed by atoms with Gasteiger partial charge in [-0.25, -0.2) is 0 Å². The van der Waals surface area contributed by atoms with Crippen molar-refractivity contribution < 1.29 is 4.79 Å². The standard InChI is InChI=1S/C15H19ClN2OS2/c1-10-12(16)6-5-7-13(10)17-14(19)11(2)21-15(20)18-8-3-4-9-18/h5-7,11H,3-4,8-9H2,1-2H3,(H,17,19). The highest BCUT2D eigenvalue weighted by Gasteiger charge is 2.21. The summed E-state index contributed by atoms with van der Waals surface area (Å²) in [5.74, 6) is -0.0492. The minimum absolute atomic E-state index is 0.0492. The molecule has 1 aromatic carbocycles. The van der Waals surface area contributed by atoms with Crippen LogP contribution in [0.2, 0.25) is 5.02 Å². The smallest absolute Gasteiger partial charge is 0.237 e. The Bertz CT molecular complexity index is 544. The van der Waals surface area contributed by atoms with E-state index >= 15 is 0 Å². The number of nitrogens with zero attached hydrogens (tertiary/aromatic N) is 1. The van der Waals surface area contributed by atoms with Gasteiger partial charge in [-0.05, 0) is 44.4 Å². The van der Waals surface area contributed by atoms with Gasteiger partial charge in [-0.1, -0.05) is 41.6 Å². The van der Waals surface area contributed by atoms with Crippen LogP contribution in [-0.2, 0) is 4.79 Å². The molecule has 0 aromatic heterocycles. The van der Waals surface area contributed by atoms with Crippen LogP contribution in [0.4, 0.5) is 5.69 Å². The van der Waals surface area contributed by atoms with Crippen LogP contribution in [0.3, 0.4) is 0 Å². The Labute approximate surface area is 140 Å². The van der Waals surface area contributed by atoms with Gasteiger partial charge in [0.05, 0.1) is 5.25 Å². The Morgan fingerprint density at radius 3 is 2.76 bits per heavy atom. The van der Waals surface area contributed by atoms with Crippen molar-refractivity contribution in [1.82, 2.24) is 4.90 Å². The van der Waals surface area contributed by atoms with Crippen LogP contribution in [0.5, 0.6) is 0 Å². The van der Waals surface area contributed by atoms with Crippen LogP contribution in [0.25, 0.3) is 0 Å². The number of benzene rings is 1. The monoisotopic (exact) mass is 342 g/mol. The summed E-state index contributed by atoms with van der Waals surface area (Å²) in [6.07, 6.45) is 2.37. The van der Waals surface area contributed by atoms with Gasteiger partial charge < -0.3 is 10.2 Å². The molecular weight excluding hydrogens is 324 g/mol. The first kappa shape index (κ1) is 16.6. The van der Waals surface area contributed by atoms with E-state index in [0.717, 1.165) is 28.7 Å². The van der Waals surface area contributed by atoms with Gasteiger partial charge in [-0.15, -0.1) is 0 Å². The molecular formula is C15H19ClN2OS2. The third-order valence-electron chi connectivity index (χ3n) is 3.54. The SMILES string of the molecule is Cc1c(Cl)cccc1NC(=O)C(C)SC(=S)N1CCCC1. The van der Waals surface area contributed by atoms with Crippen molar-refractivity contribution in [3.63, 3.8) is 0 Å². The van der Waals surface area contributed by atoms with Gasteiger partial charge in [0, 0.05) is 23.8 Å². The molecule has 0 saturated carbocycles. The summed E-state index contributed by atoms with van der Waals surface area (Å²) >= 11 is 12.9. The molecule has 0 bridgehead atoms. The molecule has 1 heterocycles. The molecule has 1 aliphatic rings.